The maximum Gasteiger partial charge on any atom is 0.380 e. The van der Waals surface area contributed by atoms with E-state index >= 15 is 0 Å². The zero-order valence-corrected chi connectivity index (χ0v) is 12.5. The van der Waals surface area contributed by atoms with Crippen LogP contribution in [0, 0.1) is 23.7 Å². The molecule has 0 aliphatic heterocycles. The van der Waals surface area contributed by atoms with E-state index in [1.54, 1.807) is 6.07 Å². The van der Waals surface area contributed by atoms with Crippen molar-refractivity contribution < 1.29 is 9.63 Å². The molecule has 0 radical (unpaired) electrons. The molecule has 118 valence electrons. The first-order chi connectivity index (χ1) is 10.7. The Hall–Kier alpha value is -1.85. The molecule has 1 heterocycles. The van der Waals surface area contributed by atoms with Gasteiger partial charge in [0, 0.05) is 12.2 Å². The molecule has 0 saturated heterocycles. The zero-order valence-electron chi connectivity index (χ0n) is 12.5. The molecule has 6 heteroatoms. The van der Waals surface area contributed by atoms with Crippen LogP contribution in [-0.4, -0.2) is 28.3 Å². The van der Waals surface area contributed by atoms with Crippen LogP contribution in [0.25, 0.3) is 0 Å². The summed E-state index contributed by atoms with van der Waals surface area (Å²) in [5, 5.41) is 3.15. The van der Waals surface area contributed by atoms with Crippen molar-refractivity contribution in [3.05, 3.63) is 28.9 Å². The summed E-state index contributed by atoms with van der Waals surface area (Å²) in [6.45, 7) is -0.144. The summed E-state index contributed by atoms with van der Waals surface area (Å²) < 4.78 is 0.996. The van der Waals surface area contributed by atoms with Crippen molar-refractivity contribution in [1.82, 2.24) is 15.0 Å². The molecule has 5 rings (SSSR count). The van der Waals surface area contributed by atoms with Gasteiger partial charge in [-0.05, 0) is 61.8 Å². The number of rotatable bonds is 4. The maximum absolute atomic E-state index is 12.1. The SMILES string of the molecule is O=C(COn1cccnc1=O)NC1C2CC3CC(C2)CC1C3. The van der Waals surface area contributed by atoms with Crippen LogP contribution in [-0.2, 0) is 4.79 Å². The third-order valence-electron chi connectivity index (χ3n) is 5.57. The molecular formula is C16H21N3O3. The normalized spacial score (nSPS) is 35.4. The number of hydrogen-bond donors (Lipinski definition) is 1. The maximum atomic E-state index is 12.1. The van der Waals surface area contributed by atoms with Crippen LogP contribution >= 0.6 is 0 Å². The summed E-state index contributed by atoms with van der Waals surface area (Å²) in [7, 11) is 0. The molecule has 0 spiro atoms. The lowest BCUT2D eigenvalue weighted by Gasteiger charge is -2.54. The number of carbonyl (C=O) groups is 1. The van der Waals surface area contributed by atoms with E-state index in [0.717, 1.165) is 16.6 Å². The van der Waals surface area contributed by atoms with Crippen molar-refractivity contribution in [1.29, 1.82) is 0 Å². The van der Waals surface area contributed by atoms with Crippen LogP contribution in [0.4, 0.5) is 0 Å². The monoisotopic (exact) mass is 303 g/mol. The molecule has 4 aliphatic carbocycles. The first kappa shape index (κ1) is 13.8. The van der Waals surface area contributed by atoms with Gasteiger partial charge in [0.15, 0.2) is 6.61 Å². The molecule has 0 aromatic carbocycles. The Labute approximate surface area is 128 Å². The molecule has 1 aromatic heterocycles. The first-order valence-electron chi connectivity index (χ1n) is 8.15. The topological polar surface area (TPSA) is 73.2 Å². The molecule has 0 unspecified atom stereocenters. The Morgan fingerprint density at radius 1 is 1.23 bits per heavy atom. The molecule has 4 aliphatic rings. The van der Waals surface area contributed by atoms with E-state index in [2.05, 4.69) is 10.3 Å². The lowest BCUT2D eigenvalue weighted by atomic mass is 9.54. The van der Waals surface area contributed by atoms with Crippen LogP contribution in [0.3, 0.4) is 0 Å². The third kappa shape index (κ3) is 2.51. The van der Waals surface area contributed by atoms with E-state index < -0.39 is 5.69 Å². The van der Waals surface area contributed by atoms with Crippen LogP contribution < -0.4 is 15.8 Å². The molecule has 4 fully saturated rings. The molecule has 1 aromatic rings. The Balaban J connectivity index is 1.35. The standard InChI is InChI=1S/C16H21N3O3/c20-14(9-22-19-3-1-2-17-16(19)21)18-15-12-5-10-4-11(7-12)8-13(15)6-10/h1-3,10-13,15H,4-9H2,(H,18,20). The third-order valence-corrected chi connectivity index (χ3v) is 5.57. The number of nitrogens with one attached hydrogen (secondary N) is 1. The van der Waals surface area contributed by atoms with E-state index in [-0.39, 0.29) is 12.5 Å². The molecular weight excluding hydrogens is 282 g/mol. The van der Waals surface area contributed by atoms with Gasteiger partial charge in [-0.3, -0.25) is 4.79 Å². The Bertz CT molecular complexity index is 599. The van der Waals surface area contributed by atoms with Gasteiger partial charge in [-0.2, -0.15) is 4.98 Å². The highest BCUT2D eigenvalue weighted by Crippen LogP contribution is 2.53. The van der Waals surface area contributed by atoms with Gasteiger partial charge in [0.2, 0.25) is 0 Å². The number of amides is 1. The lowest BCUT2D eigenvalue weighted by molar-refractivity contribution is -0.130. The average molecular weight is 303 g/mol. The van der Waals surface area contributed by atoms with Gasteiger partial charge < -0.3 is 10.2 Å². The second-order valence-electron chi connectivity index (χ2n) is 7.03. The Morgan fingerprint density at radius 3 is 2.55 bits per heavy atom. The van der Waals surface area contributed by atoms with Crippen molar-refractivity contribution in [3.8, 4) is 0 Å². The van der Waals surface area contributed by atoms with Gasteiger partial charge in [0.25, 0.3) is 5.91 Å². The van der Waals surface area contributed by atoms with E-state index in [0.29, 0.717) is 17.9 Å². The molecule has 1 amide bonds. The van der Waals surface area contributed by atoms with Crippen LogP contribution in [0.2, 0.25) is 0 Å². The summed E-state index contributed by atoms with van der Waals surface area (Å²) >= 11 is 0. The van der Waals surface area contributed by atoms with E-state index in [4.69, 9.17) is 4.84 Å². The fraction of sp³-hybridized carbons (Fsp3) is 0.688. The fourth-order valence-corrected chi connectivity index (χ4v) is 4.96. The molecule has 4 bridgehead atoms. The van der Waals surface area contributed by atoms with Crippen molar-refractivity contribution in [2.45, 2.75) is 38.1 Å². The zero-order chi connectivity index (χ0) is 15.1. The second kappa shape index (κ2) is 5.41. The van der Waals surface area contributed by atoms with Crippen LogP contribution in [0.15, 0.2) is 23.3 Å². The van der Waals surface area contributed by atoms with Crippen molar-refractivity contribution in [2.24, 2.45) is 23.7 Å². The van der Waals surface area contributed by atoms with E-state index in [1.807, 2.05) is 0 Å². The Kier molecular flexibility index (Phi) is 3.39. The summed E-state index contributed by atoms with van der Waals surface area (Å²) in [4.78, 5) is 32.4. The fourth-order valence-electron chi connectivity index (χ4n) is 4.96. The van der Waals surface area contributed by atoms with Crippen molar-refractivity contribution in [3.63, 3.8) is 0 Å². The predicted octanol–water partition coefficient (Wildman–Crippen LogP) is 0.613. The number of carbonyl (C=O) groups excluding carboxylic acids is 1. The lowest BCUT2D eigenvalue weighted by Crippen LogP contribution is -2.56. The minimum atomic E-state index is -0.509. The summed E-state index contributed by atoms with van der Waals surface area (Å²) in [6, 6.07) is 1.89. The van der Waals surface area contributed by atoms with Gasteiger partial charge in [-0.15, -0.1) is 4.73 Å². The smallest absolute Gasteiger partial charge is 0.380 e. The van der Waals surface area contributed by atoms with Crippen LogP contribution in [0.1, 0.15) is 32.1 Å². The number of hydrogen-bond acceptors (Lipinski definition) is 4. The van der Waals surface area contributed by atoms with E-state index in [9.17, 15) is 9.59 Å². The average Bonchev–Trinajstić information content (AvgIpc) is 2.49. The van der Waals surface area contributed by atoms with Crippen molar-refractivity contribution >= 4 is 5.91 Å². The molecule has 22 heavy (non-hydrogen) atoms. The van der Waals surface area contributed by atoms with Crippen molar-refractivity contribution in [2.75, 3.05) is 6.61 Å². The molecule has 1 N–H and O–H groups in total. The molecule has 6 nitrogen and oxygen atoms in total. The second-order valence-corrected chi connectivity index (χ2v) is 7.03. The highest BCUT2D eigenvalue weighted by Gasteiger charge is 2.48. The minimum Gasteiger partial charge on any atom is -0.399 e. The van der Waals surface area contributed by atoms with Gasteiger partial charge in [-0.1, -0.05) is 0 Å². The van der Waals surface area contributed by atoms with Gasteiger partial charge in [0.1, 0.15) is 0 Å². The summed E-state index contributed by atoms with van der Waals surface area (Å²) in [6.07, 6.45) is 9.33. The quantitative estimate of drug-likeness (QED) is 0.884. The minimum absolute atomic E-state index is 0.144. The number of aromatic nitrogens is 2. The molecule has 0 atom stereocenters. The van der Waals surface area contributed by atoms with Crippen LogP contribution in [0.5, 0.6) is 0 Å². The van der Waals surface area contributed by atoms with Gasteiger partial charge in [0.05, 0.1) is 6.20 Å². The predicted molar refractivity (Wildman–Crippen MR) is 78.9 cm³/mol. The largest absolute Gasteiger partial charge is 0.399 e. The number of nitrogens with zero attached hydrogens (tertiary/aromatic N) is 2. The van der Waals surface area contributed by atoms with Gasteiger partial charge in [-0.25, -0.2) is 4.79 Å². The summed E-state index contributed by atoms with van der Waals surface area (Å²) in [5.74, 6) is 2.91. The first-order valence-corrected chi connectivity index (χ1v) is 8.15. The molecule has 4 saturated carbocycles. The highest BCUT2D eigenvalue weighted by atomic mass is 16.7. The van der Waals surface area contributed by atoms with E-state index in [1.165, 1.54) is 44.5 Å². The Morgan fingerprint density at radius 2 is 1.91 bits per heavy atom. The summed E-state index contributed by atoms with van der Waals surface area (Å²) in [5.41, 5.74) is -0.509. The van der Waals surface area contributed by atoms with Gasteiger partial charge >= 0.3 is 5.69 Å². The highest BCUT2D eigenvalue weighted by molar-refractivity contribution is 5.77.